The van der Waals surface area contributed by atoms with Gasteiger partial charge >= 0.3 is 0 Å². The highest BCUT2D eigenvalue weighted by Crippen LogP contribution is 2.52. The van der Waals surface area contributed by atoms with Gasteiger partial charge in [-0.1, -0.05) is 159 Å². The third-order valence-corrected chi connectivity index (χ3v) is 13.1. The molecule has 9 aromatic carbocycles. The number of para-hydroxylation sites is 3. The van der Waals surface area contributed by atoms with Crippen molar-refractivity contribution in [2.75, 3.05) is 0 Å². The molecule has 0 unspecified atom stereocenters. The van der Waals surface area contributed by atoms with Crippen LogP contribution in [-0.2, 0) is 5.41 Å². The standard InChI is InChI=1S/C55H36N4/c1-55(2)42-25-11-7-20-37(42)49-41(24-15-26-43(49)55)53-56-44-27-12-8-21-38(44)54(57-53)59-46-29-14-10-23-40(46)51-48(59)32-34-17-4-6-19-36(34)52(51)58-45-28-13-9-22-39(45)50-35-18-5-3-16-33(35)30-31-47(50)58/h3-32H,1-2H3. The highest BCUT2D eigenvalue weighted by atomic mass is 15.1. The molecule has 3 aromatic heterocycles. The molecule has 0 spiro atoms. The molecule has 3 heterocycles. The van der Waals surface area contributed by atoms with Gasteiger partial charge in [-0.15, -0.1) is 0 Å². The van der Waals surface area contributed by atoms with Crippen LogP contribution in [0.5, 0.6) is 0 Å². The molecule has 0 aliphatic heterocycles. The summed E-state index contributed by atoms with van der Waals surface area (Å²) in [6, 6.07) is 66.3. The first kappa shape index (κ1) is 32.5. The summed E-state index contributed by atoms with van der Waals surface area (Å²) >= 11 is 0. The summed E-state index contributed by atoms with van der Waals surface area (Å²) in [5, 5.41) is 10.8. The number of nitrogens with zero attached hydrogens (tertiary/aromatic N) is 4. The Morgan fingerprint density at radius 3 is 1.85 bits per heavy atom. The lowest BCUT2D eigenvalue weighted by Crippen LogP contribution is -2.14. The van der Waals surface area contributed by atoms with E-state index in [1.165, 1.54) is 82.1 Å². The fourth-order valence-corrected chi connectivity index (χ4v) is 10.5. The monoisotopic (exact) mass is 752 g/mol. The van der Waals surface area contributed by atoms with Crippen LogP contribution in [0, 0.1) is 0 Å². The molecule has 0 N–H and O–H groups in total. The van der Waals surface area contributed by atoms with Crippen molar-refractivity contribution in [2.24, 2.45) is 0 Å². The van der Waals surface area contributed by atoms with Gasteiger partial charge in [-0.2, -0.15) is 0 Å². The second-order valence-corrected chi connectivity index (χ2v) is 16.5. The van der Waals surface area contributed by atoms with Crippen LogP contribution in [0.1, 0.15) is 25.0 Å². The highest BCUT2D eigenvalue weighted by molar-refractivity contribution is 6.25. The zero-order chi connectivity index (χ0) is 39.0. The van der Waals surface area contributed by atoms with Crippen molar-refractivity contribution in [2.45, 2.75) is 19.3 Å². The van der Waals surface area contributed by atoms with Gasteiger partial charge in [-0.25, -0.2) is 9.97 Å². The van der Waals surface area contributed by atoms with Gasteiger partial charge in [0.05, 0.1) is 33.3 Å². The molecule has 0 saturated heterocycles. The van der Waals surface area contributed by atoms with Gasteiger partial charge in [-0.3, -0.25) is 4.57 Å². The molecular weight excluding hydrogens is 717 g/mol. The maximum Gasteiger partial charge on any atom is 0.162 e. The van der Waals surface area contributed by atoms with Crippen molar-refractivity contribution < 1.29 is 0 Å². The number of benzene rings is 9. The summed E-state index contributed by atoms with van der Waals surface area (Å²) < 4.78 is 4.92. The van der Waals surface area contributed by atoms with Crippen LogP contribution in [0.2, 0.25) is 0 Å². The van der Waals surface area contributed by atoms with Crippen LogP contribution in [0.4, 0.5) is 0 Å². The molecule has 0 atom stereocenters. The Hall–Kier alpha value is -7.56. The maximum absolute atomic E-state index is 5.66. The predicted octanol–water partition coefficient (Wildman–Crippen LogP) is 14.1. The Bertz CT molecular complexity index is 3770. The maximum atomic E-state index is 5.66. The second kappa shape index (κ2) is 11.7. The van der Waals surface area contributed by atoms with E-state index in [1.807, 2.05) is 0 Å². The fraction of sp³-hybridized carbons (Fsp3) is 0.0545. The van der Waals surface area contributed by atoms with Gasteiger partial charge in [0.2, 0.25) is 0 Å². The van der Waals surface area contributed by atoms with Crippen LogP contribution in [0.25, 0.3) is 110 Å². The molecule has 0 radical (unpaired) electrons. The first-order chi connectivity index (χ1) is 29.1. The molecule has 13 rings (SSSR count). The van der Waals surface area contributed by atoms with Crippen molar-refractivity contribution in [3.05, 3.63) is 193 Å². The predicted molar refractivity (Wildman–Crippen MR) is 246 cm³/mol. The van der Waals surface area contributed by atoms with E-state index in [2.05, 4.69) is 205 Å². The molecule has 59 heavy (non-hydrogen) atoms. The summed E-state index contributed by atoms with van der Waals surface area (Å²) in [4.78, 5) is 11.0. The van der Waals surface area contributed by atoms with E-state index >= 15 is 0 Å². The topological polar surface area (TPSA) is 35.6 Å². The molecule has 0 fully saturated rings. The summed E-state index contributed by atoms with van der Waals surface area (Å²) in [6.07, 6.45) is 0. The van der Waals surface area contributed by atoms with Crippen molar-refractivity contribution >= 4 is 76.1 Å². The van der Waals surface area contributed by atoms with Crippen molar-refractivity contribution in [1.82, 2.24) is 19.1 Å². The van der Waals surface area contributed by atoms with E-state index in [1.54, 1.807) is 0 Å². The molecule has 4 heteroatoms. The lowest BCUT2D eigenvalue weighted by molar-refractivity contribution is 0.660. The number of rotatable bonds is 3. The molecule has 0 saturated carbocycles. The third-order valence-electron chi connectivity index (χ3n) is 13.1. The number of aromatic nitrogens is 4. The van der Waals surface area contributed by atoms with Crippen LogP contribution < -0.4 is 0 Å². The zero-order valence-corrected chi connectivity index (χ0v) is 32.6. The molecular formula is C55H36N4. The SMILES string of the molecule is CC1(C)c2ccccc2-c2c(-c3nc(-n4c5ccccc5c5c(-n6c7ccccc7c7c8ccccc8ccc76)c6ccccc6cc54)c4ccccc4n3)cccc21. The Labute approximate surface area is 340 Å². The molecule has 1 aliphatic carbocycles. The minimum absolute atomic E-state index is 0.134. The van der Waals surface area contributed by atoms with E-state index in [-0.39, 0.29) is 5.41 Å². The van der Waals surface area contributed by atoms with E-state index in [0.29, 0.717) is 0 Å². The van der Waals surface area contributed by atoms with Crippen LogP contribution in [-0.4, -0.2) is 19.1 Å². The van der Waals surface area contributed by atoms with Gasteiger partial charge < -0.3 is 4.57 Å². The minimum Gasteiger partial charge on any atom is -0.308 e. The van der Waals surface area contributed by atoms with Gasteiger partial charge in [-0.05, 0) is 74.8 Å². The number of fused-ring (bicyclic) bond motifs is 13. The van der Waals surface area contributed by atoms with Crippen molar-refractivity contribution in [1.29, 1.82) is 0 Å². The summed E-state index contributed by atoms with van der Waals surface area (Å²) in [6.45, 7) is 4.65. The Morgan fingerprint density at radius 1 is 0.407 bits per heavy atom. The molecule has 12 aromatic rings. The summed E-state index contributed by atoms with van der Waals surface area (Å²) in [5.74, 6) is 1.60. The fourth-order valence-electron chi connectivity index (χ4n) is 10.5. The number of hydrogen-bond donors (Lipinski definition) is 0. The van der Waals surface area contributed by atoms with Crippen LogP contribution in [0.15, 0.2) is 182 Å². The van der Waals surface area contributed by atoms with E-state index in [9.17, 15) is 0 Å². The molecule has 276 valence electrons. The van der Waals surface area contributed by atoms with E-state index in [0.717, 1.165) is 39.1 Å². The second-order valence-electron chi connectivity index (χ2n) is 16.5. The quantitative estimate of drug-likeness (QED) is 0.180. The Morgan fingerprint density at radius 2 is 1.02 bits per heavy atom. The number of hydrogen-bond acceptors (Lipinski definition) is 2. The lowest BCUT2D eigenvalue weighted by atomic mass is 9.82. The first-order valence-electron chi connectivity index (χ1n) is 20.4. The van der Waals surface area contributed by atoms with E-state index < -0.39 is 0 Å². The Balaban J connectivity index is 1.18. The van der Waals surface area contributed by atoms with Gasteiger partial charge in [0.1, 0.15) is 5.82 Å². The van der Waals surface area contributed by atoms with Gasteiger partial charge in [0.25, 0.3) is 0 Å². The van der Waals surface area contributed by atoms with Crippen molar-refractivity contribution in [3.8, 4) is 34.0 Å². The summed E-state index contributed by atoms with van der Waals surface area (Å²) in [5.41, 5.74) is 12.7. The third kappa shape index (κ3) is 4.32. The first-order valence-corrected chi connectivity index (χ1v) is 20.4. The molecule has 4 nitrogen and oxygen atoms in total. The van der Waals surface area contributed by atoms with Gasteiger partial charge in [0, 0.05) is 43.3 Å². The molecule has 0 bridgehead atoms. The average Bonchev–Trinajstić information content (AvgIpc) is 3.88. The lowest BCUT2D eigenvalue weighted by Gasteiger charge is -2.21. The average molecular weight is 753 g/mol. The molecule has 0 amide bonds. The Kier molecular flexibility index (Phi) is 6.48. The largest absolute Gasteiger partial charge is 0.308 e. The van der Waals surface area contributed by atoms with Crippen LogP contribution >= 0.6 is 0 Å². The minimum atomic E-state index is -0.134. The summed E-state index contributed by atoms with van der Waals surface area (Å²) in [7, 11) is 0. The normalized spacial score (nSPS) is 13.4. The highest BCUT2D eigenvalue weighted by Gasteiger charge is 2.37. The smallest absolute Gasteiger partial charge is 0.162 e. The zero-order valence-electron chi connectivity index (χ0n) is 32.6. The van der Waals surface area contributed by atoms with E-state index in [4.69, 9.17) is 9.97 Å². The van der Waals surface area contributed by atoms with Crippen molar-refractivity contribution in [3.63, 3.8) is 0 Å². The van der Waals surface area contributed by atoms with Gasteiger partial charge in [0.15, 0.2) is 5.82 Å². The van der Waals surface area contributed by atoms with Crippen LogP contribution in [0.3, 0.4) is 0 Å². The molecule has 1 aliphatic rings.